The molecule has 0 spiro atoms. The van der Waals surface area contributed by atoms with Gasteiger partial charge in [-0.3, -0.25) is 4.79 Å². The van der Waals surface area contributed by atoms with Crippen LogP contribution in [0.2, 0.25) is 0 Å². The van der Waals surface area contributed by atoms with E-state index >= 15 is 0 Å². The Labute approximate surface area is 126 Å². The minimum absolute atomic E-state index is 0.0155. The summed E-state index contributed by atoms with van der Waals surface area (Å²) < 4.78 is 5.53. The van der Waals surface area contributed by atoms with Crippen LogP contribution in [0, 0.1) is 5.92 Å². The number of carbonyl (C=O) groups is 2. The minimum atomic E-state index is -0.982. The smallest absolute Gasteiger partial charge is 0.326 e. The van der Waals surface area contributed by atoms with Crippen molar-refractivity contribution in [3.05, 3.63) is 16.1 Å². The fourth-order valence-electron chi connectivity index (χ4n) is 2.45. The van der Waals surface area contributed by atoms with E-state index in [1.807, 2.05) is 0 Å². The molecule has 1 aliphatic carbocycles. The number of hydrogen-bond donors (Lipinski definition) is 2. The molecule has 1 aliphatic heterocycles. The van der Waals surface area contributed by atoms with Crippen molar-refractivity contribution in [1.29, 1.82) is 0 Å². The summed E-state index contributed by atoms with van der Waals surface area (Å²) in [5.74, 6) is -0.961. The van der Waals surface area contributed by atoms with E-state index in [4.69, 9.17) is 4.74 Å². The van der Waals surface area contributed by atoms with Gasteiger partial charge in [0.15, 0.2) is 0 Å². The minimum Gasteiger partial charge on any atom is -0.480 e. The predicted octanol–water partition coefficient (Wildman–Crippen LogP) is 1.98. The highest BCUT2D eigenvalue weighted by Crippen LogP contribution is 2.34. The first-order chi connectivity index (χ1) is 10.1. The molecule has 114 valence electrons. The highest BCUT2D eigenvalue weighted by Gasteiger charge is 2.31. The maximum atomic E-state index is 12.1. The van der Waals surface area contributed by atoms with E-state index in [1.54, 1.807) is 5.38 Å². The van der Waals surface area contributed by atoms with Crippen LogP contribution in [0.4, 0.5) is 0 Å². The van der Waals surface area contributed by atoms with E-state index in [-0.39, 0.29) is 11.8 Å². The fraction of sp³-hybridized carbons (Fsp3) is 0.643. The second-order valence-electron chi connectivity index (χ2n) is 5.62. The highest BCUT2D eigenvalue weighted by atomic mass is 32.1. The number of carbonyl (C=O) groups excluding carboxylic acids is 1. The number of thiazole rings is 1. The Morgan fingerprint density at radius 1 is 1.48 bits per heavy atom. The molecule has 1 saturated heterocycles. The van der Waals surface area contributed by atoms with Crippen molar-refractivity contribution < 1.29 is 19.4 Å². The monoisotopic (exact) mass is 310 g/mol. The van der Waals surface area contributed by atoms with Crippen molar-refractivity contribution in [2.75, 3.05) is 6.61 Å². The van der Waals surface area contributed by atoms with Crippen molar-refractivity contribution in [3.63, 3.8) is 0 Å². The SMILES string of the molecule is O=C(NC(CC1CC1)C(=O)O)c1csc(C2CCCO2)n1. The van der Waals surface area contributed by atoms with Crippen LogP contribution in [0.3, 0.4) is 0 Å². The molecule has 1 aromatic rings. The van der Waals surface area contributed by atoms with Gasteiger partial charge in [0.25, 0.3) is 5.91 Å². The van der Waals surface area contributed by atoms with Crippen LogP contribution in [0.1, 0.15) is 53.7 Å². The van der Waals surface area contributed by atoms with Gasteiger partial charge in [-0.1, -0.05) is 12.8 Å². The van der Waals surface area contributed by atoms with Gasteiger partial charge in [-0.2, -0.15) is 0 Å². The van der Waals surface area contributed by atoms with Crippen molar-refractivity contribution in [2.45, 2.75) is 44.2 Å². The molecule has 2 fully saturated rings. The number of rotatable bonds is 6. The van der Waals surface area contributed by atoms with Gasteiger partial charge in [-0.25, -0.2) is 9.78 Å². The van der Waals surface area contributed by atoms with Gasteiger partial charge in [-0.15, -0.1) is 11.3 Å². The molecule has 2 aliphatic rings. The standard InChI is InChI=1S/C14H18N2O4S/c17-12(15-9(14(18)19)6-8-3-4-8)10-7-21-13(16-10)11-2-1-5-20-11/h7-9,11H,1-6H2,(H,15,17)(H,18,19). The van der Waals surface area contributed by atoms with Crippen LogP contribution in [0.15, 0.2) is 5.38 Å². The lowest BCUT2D eigenvalue weighted by atomic mass is 10.1. The summed E-state index contributed by atoms with van der Waals surface area (Å²) in [6.07, 6.45) is 4.53. The molecule has 3 rings (SSSR count). The third-order valence-corrected chi connectivity index (χ3v) is 4.77. The summed E-state index contributed by atoms with van der Waals surface area (Å²) in [6.45, 7) is 0.730. The number of aromatic nitrogens is 1. The first-order valence-electron chi connectivity index (χ1n) is 7.24. The Morgan fingerprint density at radius 2 is 2.29 bits per heavy atom. The first-order valence-corrected chi connectivity index (χ1v) is 8.12. The lowest BCUT2D eigenvalue weighted by Crippen LogP contribution is -2.41. The quantitative estimate of drug-likeness (QED) is 0.838. The maximum Gasteiger partial charge on any atom is 0.326 e. The van der Waals surface area contributed by atoms with E-state index in [0.29, 0.717) is 12.3 Å². The summed E-state index contributed by atoms with van der Waals surface area (Å²) in [5.41, 5.74) is 0.285. The second-order valence-corrected chi connectivity index (χ2v) is 6.51. The van der Waals surface area contributed by atoms with Gasteiger partial charge in [0, 0.05) is 12.0 Å². The number of amides is 1. The van der Waals surface area contributed by atoms with Crippen molar-refractivity contribution >= 4 is 23.2 Å². The van der Waals surface area contributed by atoms with E-state index in [1.165, 1.54) is 11.3 Å². The molecule has 0 aromatic carbocycles. The van der Waals surface area contributed by atoms with Crippen LogP contribution in [0.5, 0.6) is 0 Å². The largest absolute Gasteiger partial charge is 0.480 e. The zero-order chi connectivity index (χ0) is 14.8. The van der Waals surface area contributed by atoms with Crippen LogP contribution >= 0.6 is 11.3 Å². The Balaban J connectivity index is 1.62. The molecule has 0 bridgehead atoms. The topological polar surface area (TPSA) is 88.5 Å². The Hall–Kier alpha value is -1.47. The third kappa shape index (κ3) is 3.59. The molecule has 7 heteroatoms. The van der Waals surface area contributed by atoms with Crippen LogP contribution in [0.25, 0.3) is 0 Å². The average molecular weight is 310 g/mol. The summed E-state index contributed by atoms with van der Waals surface area (Å²) in [6, 6.07) is -0.821. The zero-order valence-corrected chi connectivity index (χ0v) is 12.4. The van der Waals surface area contributed by atoms with E-state index in [0.717, 1.165) is 37.3 Å². The van der Waals surface area contributed by atoms with Gasteiger partial charge >= 0.3 is 5.97 Å². The molecule has 1 amide bonds. The highest BCUT2D eigenvalue weighted by molar-refractivity contribution is 7.09. The molecule has 1 saturated carbocycles. The molecule has 2 unspecified atom stereocenters. The summed E-state index contributed by atoms with van der Waals surface area (Å²) in [7, 11) is 0. The lowest BCUT2D eigenvalue weighted by molar-refractivity contribution is -0.139. The number of nitrogens with zero attached hydrogens (tertiary/aromatic N) is 1. The molecular formula is C14H18N2O4S. The Kier molecular flexibility index (Phi) is 4.21. The molecule has 2 heterocycles. The first kappa shape index (κ1) is 14.5. The van der Waals surface area contributed by atoms with Gasteiger partial charge in [-0.05, 0) is 25.2 Å². The molecule has 2 N–H and O–H groups in total. The van der Waals surface area contributed by atoms with E-state index < -0.39 is 17.9 Å². The maximum absolute atomic E-state index is 12.1. The zero-order valence-electron chi connectivity index (χ0n) is 11.6. The predicted molar refractivity (Wildman–Crippen MR) is 76.3 cm³/mol. The third-order valence-electron chi connectivity index (χ3n) is 3.83. The molecule has 21 heavy (non-hydrogen) atoms. The molecule has 6 nitrogen and oxygen atoms in total. The Morgan fingerprint density at radius 3 is 2.90 bits per heavy atom. The van der Waals surface area contributed by atoms with Crippen LogP contribution in [-0.2, 0) is 9.53 Å². The molecule has 0 radical (unpaired) electrons. The van der Waals surface area contributed by atoms with Gasteiger partial charge in [0.2, 0.25) is 0 Å². The number of carboxylic acids is 1. The van der Waals surface area contributed by atoms with E-state index in [2.05, 4.69) is 10.3 Å². The normalized spacial score (nSPS) is 23.0. The van der Waals surface area contributed by atoms with Gasteiger partial charge in [0.1, 0.15) is 22.8 Å². The molecule has 1 aromatic heterocycles. The van der Waals surface area contributed by atoms with Crippen molar-refractivity contribution in [1.82, 2.24) is 10.3 Å². The number of nitrogens with one attached hydrogen (secondary N) is 1. The molecular weight excluding hydrogens is 292 g/mol. The van der Waals surface area contributed by atoms with Gasteiger partial charge < -0.3 is 15.2 Å². The summed E-state index contributed by atoms with van der Waals surface area (Å²) in [5, 5.41) is 14.2. The van der Waals surface area contributed by atoms with Crippen molar-refractivity contribution in [3.8, 4) is 0 Å². The van der Waals surface area contributed by atoms with Crippen LogP contribution in [-0.4, -0.2) is 34.6 Å². The molecule has 2 atom stereocenters. The number of hydrogen-bond acceptors (Lipinski definition) is 5. The van der Waals surface area contributed by atoms with Crippen molar-refractivity contribution in [2.24, 2.45) is 5.92 Å². The Bertz CT molecular complexity index is 535. The second kappa shape index (κ2) is 6.11. The number of ether oxygens (including phenoxy) is 1. The summed E-state index contributed by atoms with van der Waals surface area (Å²) >= 11 is 1.39. The van der Waals surface area contributed by atoms with Gasteiger partial charge in [0.05, 0.1) is 0 Å². The number of carboxylic acid groups (broad SMARTS) is 1. The fourth-order valence-corrected chi connectivity index (χ4v) is 3.33. The lowest BCUT2D eigenvalue weighted by Gasteiger charge is -2.13. The van der Waals surface area contributed by atoms with Crippen LogP contribution < -0.4 is 5.32 Å². The average Bonchev–Trinajstić information content (AvgIpc) is 2.97. The summed E-state index contributed by atoms with van der Waals surface area (Å²) in [4.78, 5) is 27.6. The van der Waals surface area contributed by atoms with E-state index in [9.17, 15) is 14.7 Å². The number of aliphatic carboxylic acids is 1.